The van der Waals surface area contributed by atoms with E-state index < -0.39 is 0 Å². The van der Waals surface area contributed by atoms with Crippen molar-refractivity contribution in [2.45, 2.75) is 32.9 Å². The van der Waals surface area contributed by atoms with Crippen LogP contribution in [0.15, 0.2) is 29.1 Å². The van der Waals surface area contributed by atoms with Gasteiger partial charge in [-0.25, -0.2) is 10.4 Å². The van der Waals surface area contributed by atoms with E-state index in [2.05, 4.69) is 21.9 Å². The van der Waals surface area contributed by atoms with Crippen LogP contribution in [0, 0.1) is 6.92 Å². The van der Waals surface area contributed by atoms with Crippen molar-refractivity contribution in [3.8, 4) is 0 Å². The van der Waals surface area contributed by atoms with Crippen LogP contribution in [0.4, 0.5) is 0 Å². The summed E-state index contributed by atoms with van der Waals surface area (Å²) in [6.07, 6.45) is 6.50. The van der Waals surface area contributed by atoms with Crippen LogP contribution in [-0.2, 0) is 6.54 Å². The summed E-state index contributed by atoms with van der Waals surface area (Å²) in [4.78, 5) is 4.38. The fraction of sp³-hybridized carbons (Fsp3) is 0.417. The molecular formula is C12H18N4O. The van der Waals surface area contributed by atoms with Crippen molar-refractivity contribution in [1.82, 2.24) is 15.0 Å². The summed E-state index contributed by atoms with van der Waals surface area (Å²) in [5.74, 6) is 7.42. The van der Waals surface area contributed by atoms with Crippen LogP contribution in [0.2, 0.25) is 0 Å². The lowest BCUT2D eigenvalue weighted by molar-refractivity contribution is 0.505. The van der Waals surface area contributed by atoms with Crippen LogP contribution >= 0.6 is 0 Å². The number of furan rings is 1. The average molecular weight is 234 g/mol. The molecule has 2 rings (SSSR count). The lowest BCUT2D eigenvalue weighted by Crippen LogP contribution is -2.31. The predicted molar refractivity (Wildman–Crippen MR) is 65.1 cm³/mol. The van der Waals surface area contributed by atoms with E-state index in [1.807, 2.05) is 19.2 Å². The van der Waals surface area contributed by atoms with Gasteiger partial charge in [-0.15, -0.1) is 0 Å². The van der Waals surface area contributed by atoms with Crippen LogP contribution < -0.4 is 11.3 Å². The Hall–Kier alpha value is -1.59. The van der Waals surface area contributed by atoms with E-state index >= 15 is 0 Å². The monoisotopic (exact) mass is 234 g/mol. The lowest BCUT2D eigenvalue weighted by atomic mass is 10.1. The van der Waals surface area contributed by atoms with E-state index in [9.17, 15) is 0 Å². The quantitative estimate of drug-likeness (QED) is 0.611. The predicted octanol–water partition coefficient (Wildman–Crippen LogP) is 1.75. The Labute approximate surface area is 101 Å². The van der Waals surface area contributed by atoms with Gasteiger partial charge in [-0.2, -0.15) is 0 Å². The SMILES string of the molecule is CCCn1ccnc1C(NN)c1ccoc1C. The number of imidazole rings is 1. The second kappa shape index (κ2) is 5.16. The van der Waals surface area contributed by atoms with Crippen molar-refractivity contribution in [2.75, 3.05) is 0 Å². The van der Waals surface area contributed by atoms with Gasteiger partial charge in [0.1, 0.15) is 17.6 Å². The van der Waals surface area contributed by atoms with Crippen molar-refractivity contribution in [1.29, 1.82) is 0 Å². The van der Waals surface area contributed by atoms with Gasteiger partial charge < -0.3 is 8.98 Å². The first kappa shape index (κ1) is 11.9. The molecule has 2 aromatic rings. The molecule has 1 atom stereocenters. The molecule has 0 bridgehead atoms. The maximum absolute atomic E-state index is 5.64. The van der Waals surface area contributed by atoms with Gasteiger partial charge in [-0.3, -0.25) is 5.84 Å². The summed E-state index contributed by atoms with van der Waals surface area (Å²) in [5, 5.41) is 0. The number of nitrogens with one attached hydrogen (secondary N) is 1. The largest absolute Gasteiger partial charge is 0.469 e. The minimum Gasteiger partial charge on any atom is -0.469 e. The number of nitrogens with zero attached hydrogens (tertiary/aromatic N) is 2. The molecule has 0 radical (unpaired) electrons. The number of hydrogen-bond acceptors (Lipinski definition) is 4. The van der Waals surface area contributed by atoms with Gasteiger partial charge in [0.25, 0.3) is 0 Å². The fourth-order valence-corrected chi connectivity index (χ4v) is 2.01. The van der Waals surface area contributed by atoms with Gasteiger partial charge in [0.05, 0.1) is 6.26 Å². The summed E-state index contributed by atoms with van der Waals surface area (Å²) in [7, 11) is 0. The zero-order valence-corrected chi connectivity index (χ0v) is 10.2. The molecule has 17 heavy (non-hydrogen) atoms. The fourth-order valence-electron chi connectivity index (χ4n) is 2.01. The third kappa shape index (κ3) is 2.25. The first-order valence-electron chi connectivity index (χ1n) is 5.79. The van der Waals surface area contributed by atoms with E-state index in [1.54, 1.807) is 12.5 Å². The van der Waals surface area contributed by atoms with E-state index in [4.69, 9.17) is 10.3 Å². The zero-order chi connectivity index (χ0) is 12.3. The molecule has 2 aromatic heterocycles. The van der Waals surface area contributed by atoms with Crippen molar-refractivity contribution >= 4 is 0 Å². The Kier molecular flexibility index (Phi) is 3.61. The number of nitrogens with two attached hydrogens (primary N) is 1. The van der Waals surface area contributed by atoms with E-state index in [-0.39, 0.29) is 6.04 Å². The van der Waals surface area contributed by atoms with E-state index in [1.165, 1.54) is 0 Å². The minimum absolute atomic E-state index is 0.129. The summed E-state index contributed by atoms with van der Waals surface area (Å²) in [5.41, 5.74) is 3.83. The second-order valence-corrected chi connectivity index (χ2v) is 4.01. The van der Waals surface area contributed by atoms with Crippen LogP contribution in [-0.4, -0.2) is 9.55 Å². The van der Waals surface area contributed by atoms with Crippen LogP contribution in [0.1, 0.15) is 36.5 Å². The standard InChI is InChI=1S/C12H18N4O/c1-3-6-16-7-5-14-12(16)11(15-13)10-4-8-17-9(10)2/h4-5,7-8,11,15H,3,6,13H2,1-2H3. The summed E-state index contributed by atoms with van der Waals surface area (Å²) in [6, 6.07) is 1.79. The smallest absolute Gasteiger partial charge is 0.131 e. The van der Waals surface area contributed by atoms with E-state index in [0.717, 1.165) is 30.1 Å². The van der Waals surface area contributed by atoms with Crippen LogP contribution in [0.3, 0.4) is 0 Å². The normalized spacial score (nSPS) is 12.9. The first-order valence-corrected chi connectivity index (χ1v) is 5.79. The topological polar surface area (TPSA) is 69.0 Å². The van der Waals surface area contributed by atoms with E-state index in [0.29, 0.717) is 0 Å². The Morgan fingerprint density at radius 2 is 2.41 bits per heavy atom. The van der Waals surface area contributed by atoms with Gasteiger partial charge in [0, 0.05) is 24.5 Å². The maximum Gasteiger partial charge on any atom is 0.131 e. The number of rotatable bonds is 5. The highest BCUT2D eigenvalue weighted by atomic mass is 16.3. The van der Waals surface area contributed by atoms with Crippen LogP contribution in [0.25, 0.3) is 0 Å². The molecule has 0 amide bonds. The molecule has 2 heterocycles. The Morgan fingerprint density at radius 3 is 3.00 bits per heavy atom. The molecule has 0 aliphatic rings. The first-order chi connectivity index (χ1) is 8.27. The number of hydrazine groups is 1. The van der Waals surface area contributed by atoms with Crippen molar-refractivity contribution in [3.63, 3.8) is 0 Å². The molecule has 3 N–H and O–H groups in total. The number of aromatic nitrogens is 2. The van der Waals surface area contributed by atoms with Crippen molar-refractivity contribution in [3.05, 3.63) is 41.9 Å². The highest BCUT2D eigenvalue weighted by molar-refractivity contribution is 5.26. The minimum atomic E-state index is -0.129. The molecule has 5 nitrogen and oxygen atoms in total. The third-order valence-corrected chi connectivity index (χ3v) is 2.85. The number of aryl methyl sites for hydroxylation is 2. The molecule has 0 saturated carbocycles. The maximum atomic E-state index is 5.64. The molecule has 5 heteroatoms. The van der Waals surface area contributed by atoms with Gasteiger partial charge >= 0.3 is 0 Å². The second-order valence-electron chi connectivity index (χ2n) is 4.01. The van der Waals surface area contributed by atoms with Crippen molar-refractivity contribution in [2.24, 2.45) is 5.84 Å². The Bertz CT molecular complexity index is 474. The Morgan fingerprint density at radius 1 is 1.59 bits per heavy atom. The Balaban J connectivity index is 2.35. The summed E-state index contributed by atoms with van der Waals surface area (Å²) < 4.78 is 7.42. The lowest BCUT2D eigenvalue weighted by Gasteiger charge is -2.16. The number of hydrogen-bond donors (Lipinski definition) is 2. The molecule has 0 aliphatic heterocycles. The molecular weight excluding hydrogens is 216 g/mol. The molecule has 92 valence electrons. The molecule has 0 aromatic carbocycles. The average Bonchev–Trinajstić information content (AvgIpc) is 2.92. The van der Waals surface area contributed by atoms with Crippen molar-refractivity contribution < 1.29 is 4.42 Å². The highest BCUT2D eigenvalue weighted by Crippen LogP contribution is 2.24. The zero-order valence-electron chi connectivity index (χ0n) is 10.2. The molecule has 0 fully saturated rings. The van der Waals surface area contributed by atoms with Gasteiger partial charge in [-0.05, 0) is 19.4 Å². The third-order valence-electron chi connectivity index (χ3n) is 2.85. The van der Waals surface area contributed by atoms with Gasteiger partial charge in [-0.1, -0.05) is 6.92 Å². The molecule has 0 saturated heterocycles. The molecule has 0 spiro atoms. The summed E-state index contributed by atoms with van der Waals surface area (Å²) in [6.45, 7) is 4.99. The van der Waals surface area contributed by atoms with Gasteiger partial charge in [0.15, 0.2) is 0 Å². The highest BCUT2D eigenvalue weighted by Gasteiger charge is 2.20. The van der Waals surface area contributed by atoms with Crippen LogP contribution in [0.5, 0.6) is 0 Å². The molecule has 0 aliphatic carbocycles. The summed E-state index contributed by atoms with van der Waals surface area (Å²) >= 11 is 0. The van der Waals surface area contributed by atoms with Gasteiger partial charge in [0.2, 0.25) is 0 Å². The molecule has 1 unspecified atom stereocenters.